The first-order chi connectivity index (χ1) is 3.97. The van der Waals surface area contributed by atoms with Gasteiger partial charge in [0.15, 0.2) is 5.51 Å². The molecule has 41 valence electrons. The number of rotatable bonds is 1. The van der Waals surface area contributed by atoms with Crippen molar-refractivity contribution < 1.29 is 0 Å². The van der Waals surface area contributed by atoms with E-state index in [1.165, 1.54) is 17.8 Å². The van der Waals surface area contributed by atoms with Gasteiger partial charge in [-0.05, 0) is 12.8 Å². The molecule has 1 fully saturated rings. The Morgan fingerprint density at radius 1 is 1.62 bits per heavy atom. The van der Waals surface area contributed by atoms with Gasteiger partial charge in [-0.2, -0.15) is 0 Å². The number of hydrogen-bond acceptors (Lipinski definition) is 3. The van der Waals surface area contributed by atoms with E-state index in [2.05, 4.69) is 15.7 Å². The fraction of sp³-hybridized carbons (Fsp3) is 0.600. The van der Waals surface area contributed by atoms with Crippen molar-refractivity contribution in [1.29, 1.82) is 0 Å². The molecule has 0 unspecified atom stereocenters. The molecule has 1 aromatic rings. The fourth-order valence-electron chi connectivity index (χ4n) is 0.653. The first kappa shape index (κ1) is 4.44. The van der Waals surface area contributed by atoms with Crippen LogP contribution < -0.4 is 0 Å². The van der Waals surface area contributed by atoms with Gasteiger partial charge in [-0.3, -0.25) is 0 Å². The molecule has 3 heteroatoms. The van der Waals surface area contributed by atoms with Crippen molar-refractivity contribution in [3.63, 3.8) is 0 Å². The Morgan fingerprint density at radius 3 is 3.00 bits per heavy atom. The van der Waals surface area contributed by atoms with Crippen LogP contribution in [0, 0.1) is 5.51 Å². The van der Waals surface area contributed by atoms with Crippen molar-refractivity contribution in [2.45, 2.75) is 18.8 Å². The predicted molar refractivity (Wildman–Crippen MR) is 30.7 cm³/mol. The van der Waals surface area contributed by atoms with Gasteiger partial charge < -0.3 is 0 Å². The van der Waals surface area contributed by atoms with Gasteiger partial charge in [-0.1, -0.05) is 11.3 Å². The molecule has 0 bridgehead atoms. The molecule has 0 aliphatic heterocycles. The Morgan fingerprint density at radius 2 is 2.50 bits per heavy atom. The van der Waals surface area contributed by atoms with Crippen molar-refractivity contribution >= 4 is 11.3 Å². The summed E-state index contributed by atoms with van der Waals surface area (Å²) in [5.74, 6) is 0.749. The third kappa shape index (κ3) is 0.629. The third-order valence-electron chi connectivity index (χ3n) is 1.27. The van der Waals surface area contributed by atoms with Gasteiger partial charge in [0, 0.05) is 5.92 Å². The Bertz CT molecular complexity index is 167. The minimum absolute atomic E-state index is 0.749. The lowest BCUT2D eigenvalue weighted by Crippen LogP contribution is -1.74. The van der Waals surface area contributed by atoms with E-state index < -0.39 is 0 Å². The summed E-state index contributed by atoms with van der Waals surface area (Å²) >= 11 is 1.55. The molecular formula is C5H5N2S. The fourth-order valence-corrected chi connectivity index (χ4v) is 1.31. The molecule has 8 heavy (non-hydrogen) atoms. The molecule has 0 N–H and O–H groups in total. The maximum Gasteiger partial charge on any atom is 0.178 e. The summed E-state index contributed by atoms with van der Waals surface area (Å²) in [4.78, 5) is 0. The monoisotopic (exact) mass is 125 g/mol. The van der Waals surface area contributed by atoms with Gasteiger partial charge in [-0.25, -0.2) is 0 Å². The smallest absolute Gasteiger partial charge is 0.143 e. The lowest BCUT2D eigenvalue weighted by atomic mass is 10.5. The van der Waals surface area contributed by atoms with Gasteiger partial charge in [-0.15, -0.1) is 10.2 Å². The number of aromatic nitrogens is 2. The molecule has 1 aliphatic carbocycles. The highest BCUT2D eigenvalue weighted by Gasteiger charge is 2.26. The average Bonchev–Trinajstić information content (AvgIpc) is 2.49. The minimum atomic E-state index is 0.749. The van der Waals surface area contributed by atoms with Crippen molar-refractivity contribution in [2.24, 2.45) is 0 Å². The molecule has 1 saturated carbocycles. The number of hydrogen-bond donors (Lipinski definition) is 0. The van der Waals surface area contributed by atoms with Gasteiger partial charge >= 0.3 is 0 Å². The SMILES string of the molecule is [c]1nnc(C2CC2)s1. The molecule has 2 rings (SSSR count). The minimum Gasteiger partial charge on any atom is -0.143 e. The standard InChI is InChI=1S/C5H5N2S/c1-2-4(1)5-7-6-3-8-5/h4H,1-2H2. The molecule has 1 aliphatic rings. The molecule has 0 aromatic carbocycles. The van der Waals surface area contributed by atoms with E-state index in [1.54, 1.807) is 11.3 Å². The molecule has 0 saturated heterocycles. The summed E-state index contributed by atoms with van der Waals surface area (Å²) in [6, 6.07) is 0. The highest BCUT2D eigenvalue weighted by atomic mass is 32.1. The van der Waals surface area contributed by atoms with Crippen molar-refractivity contribution in [1.82, 2.24) is 10.2 Å². The molecule has 1 heterocycles. The third-order valence-corrected chi connectivity index (χ3v) is 2.06. The first-order valence-corrected chi connectivity index (χ1v) is 3.48. The van der Waals surface area contributed by atoms with E-state index in [4.69, 9.17) is 0 Å². The maximum atomic E-state index is 3.89. The molecule has 0 spiro atoms. The van der Waals surface area contributed by atoms with Crippen LogP contribution in [0.5, 0.6) is 0 Å². The van der Waals surface area contributed by atoms with Crippen LogP contribution in [0.4, 0.5) is 0 Å². The van der Waals surface area contributed by atoms with Crippen LogP contribution >= 0.6 is 11.3 Å². The lowest BCUT2D eigenvalue weighted by Gasteiger charge is -1.78. The lowest BCUT2D eigenvalue weighted by molar-refractivity contribution is 0.972. The van der Waals surface area contributed by atoms with E-state index in [9.17, 15) is 0 Å². The zero-order valence-electron chi connectivity index (χ0n) is 4.29. The zero-order valence-corrected chi connectivity index (χ0v) is 5.11. The van der Waals surface area contributed by atoms with E-state index in [0.717, 1.165) is 5.92 Å². The Balaban J connectivity index is 2.28. The quantitative estimate of drug-likeness (QED) is 0.564. The van der Waals surface area contributed by atoms with Crippen molar-refractivity contribution in [3.8, 4) is 0 Å². The molecule has 2 nitrogen and oxygen atoms in total. The van der Waals surface area contributed by atoms with Crippen LogP contribution in [0.15, 0.2) is 0 Å². The summed E-state index contributed by atoms with van der Waals surface area (Å²) in [6.07, 6.45) is 2.62. The van der Waals surface area contributed by atoms with Gasteiger partial charge in [0.25, 0.3) is 0 Å². The van der Waals surface area contributed by atoms with Crippen LogP contribution in [-0.4, -0.2) is 10.2 Å². The van der Waals surface area contributed by atoms with E-state index in [-0.39, 0.29) is 0 Å². The summed E-state index contributed by atoms with van der Waals surface area (Å²) in [6.45, 7) is 0. The Hall–Kier alpha value is -0.440. The molecule has 1 aromatic heterocycles. The Labute approximate surface area is 51.6 Å². The van der Waals surface area contributed by atoms with Crippen LogP contribution in [-0.2, 0) is 0 Å². The second-order valence-electron chi connectivity index (χ2n) is 2.01. The topological polar surface area (TPSA) is 25.8 Å². The molecular weight excluding hydrogens is 120 g/mol. The van der Waals surface area contributed by atoms with Gasteiger partial charge in [0.05, 0.1) is 0 Å². The highest BCUT2D eigenvalue weighted by Crippen LogP contribution is 2.40. The molecule has 0 amide bonds. The second-order valence-corrected chi connectivity index (χ2v) is 2.81. The zero-order chi connectivity index (χ0) is 5.40. The van der Waals surface area contributed by atoms with Crippen molar-refractivity contribution in [2.75, 3.05) is 0 Å². The summed E-state index contributed by atoms with van der Waals surface area (Å²) < 4.78 is 0. The highest BCUT2D eigenvalue weighted by molar-refractivity contribution is 7.08. The molecule has 0 atom stereocenters. The van der Waals surface area contributed by atoms with Crippen LogP contribution in [0.3, 0.4) is 0 Å². The van der Waals surface area contributed by atoms with Crippen LogP contribution in [0.1, 0.15) is 23.8 Å². The average molecular weight is 125 g/mol. The van der Waals surface area contributed by atoms with E-state index in [0.29, 0.717) is 0 Å². The largest absolute Gasteiger partial charge is 0.178 e. The first-order valence-electron chi connectivity index (χ1n) is 2.66. The van der Waals surface area contributed by atoms with Crippen LogP contribution in [0.2, 0.25) is 0 Å². The Kier molecular flexibility index (Phi) is 0.842. The number of nitrogens with zero attached hydrogens (tertiary/aromatic N) is 2. The van der Waals surface area contributed by atoms with E-state index >= 15 is 0 Å². The second kappa shape index (κ2) is 1.52. The summed E-state index contributed by atoms with van der Waals surface area (Å²) in [5, 5.41) is 8.69. The van der Waals surface area contributed by atoms with Crippen molar-refractivity contribution in [3.05, 3.63) is 10.5 Å². The predicted octanol–water partition coefficient (Wildman–Crippen LogP) is 1.22. The van der Waals surface area contributed by atoms with Crippen LogP contribution in [0.25, 0.3) is 0 Å². The van der Waals surface area contributed by atoms with Gasteiger partial charge in [0.1, 0.15) is 5.01 Å². The normalized spacial score (nSPS) is 19.0. The molecule has 1 radical (unpaired) electrons. The van der Waals surface area contributed by atoms with E-state index in [1.807, 2.05) is 0 Å². The summed E-state index contributed by atoms with van der Waals surface area (Å²) in [5.41, 5.74) is 2.73. The summed E-state index contributed by atoms with van der Waals surface area (Å²) in [7, 11) is 0. The van der Waals surface area contributed by atoms with Gasteiger partial charge in [0.2, 0.25) is 0 Å². The maximum absolute atomic E-state index is 3.89.